The number of urea groups is 1. The molecule has 0 saturated carbocycles. The number of halogens is 5. The van der Waals surface area contributed by atoms with Crippen LogP contribution >= 0.6 is 46.0 Å². The smallest absolute Gasteiger partial charge is 0.331 e. The number of anilines is 1. The predicted octanol–water partition coefficient (Wildman–Crippen LogP) is 7.81. The molecule has 1 aromatic carbocycles. The number of thiophene rings is 2. The molecule has 1 unspecified atom stereocenters. The second kappa shape index (κ2) is 11.4. The maximum atomic E-state index is 14.9. The van der Waals surface area contributed by atoms with Crippen molar-refractivity contribution in [2.45, 2.75) is 49.1 Å². The van der Waals surface area contributed by atoms with Crippen LogP contribution in [0.1, 0.15) is 41.9 Å². The SMILES string of the molecule is C=CC(=O)N1[C@H](C)CN(C2NC(=O)N3C[C@H](c4cc(F)cs4)CSc4c(-c5cc(Cl)cs5)c(C(F)(F)F)cc2c43)C[C@@H]1C. The predicted molar refractivity (Wildman–Crippen MR) is 164 cm³/mol. The molecule has 6 rings (SSSR count). The van der Waals surface area contributed by atoms with Crippen LogP contribution in [0.25, 0.3) is 10.4 Å². The van der Waals surface area contributed by atoms with Crippen LogP contribution in [0.3, 0.4) is 0 Å². The Balaban J connectivity index is 1.53. The van der Waals surface area contributed by atoms with Crippen molar-refractivity contribution in [1.29, 1.82) is 0 Å². The van der Waals surface area contributed by atoms with Crippen molar-refractivity contribution in [3.05, 3.63) is 68.5 Å². The summed E-state index contributed by atoms with van der Waals surface area (Å²) >= 11 is 9.78. The van der Waals surface area contributed by atoms with Gasteiger partial charge in [-0.15, -0.1) is 34.4 Å². The molecule has 3 aromatic rings. The van der Waals surface area contributed by atoms with Crippen LogP contribution in [-0.2, 0) is 11.0 Å². The number of hydrogen-bond donors (Lipinski definition) is 1. The maximum Gasteiger partial charge on any atom is 0.417 e. The summed E-state index contributed by atoms with van der Waals surface area (Å²) in [6.07, 6.45) is -4.31. The molecule has 3 amide bonds. The Kier molecular flexibility index (Phi) is 8.08. The van der Waals surface area contributed by atoms with Gasteiger partial charge in [0.25, 0.3) is 0 Å². The van der Waals surface area contributed by atoms with Crippen LogP contribution in [0.15, 0.2) is 46.5 Å². The van der Waals surface area contributed by atoms with Crippen LogP contribution in [0.2, 0.25) is 5.02 Å². The lowest BCUT2D eigenvalue weighted by molar-refractivity contribution is -0.137. The average Bonchev–Trinajstić information content (AvgIpc) is 3.52. The minimum absolute atomic E-state index is 0.00672. The normalized spacial score (nSPS) is 24.4. The molecule has 1 saturated heterocycles. The van der Waals surface area contributed by atoms with E-state index in [-0.39, 0.29) is 41.8 Å². The molecule has 5 heterocycles. The van der Waals surface area contributed by atoms with Gasteiger partial charge in [-0.3, -0.25) is 14.6 Å². The number of alkyl halides is 3. The summed E-state index contributed by atoms with van der Waals surface area (Å²) < 4.78 is 58.7. The van der Waals surface area contributed by atoms with Gasteiger partial charge < -0.3 is 10.2 Å². The quantitative estimate of drug-likeness (QED) is 0.227. The number of thioether (sulfide) groups is 1. The zero-order chi connectivity index (χ0) is 30.8. The first kappa shape index (κ1) is 30.4. The lowest BCUT2D eigenvalue weighted by Gasteiger charge is -2.49. The summed E-state index contributed by atoms with van der Waals surface area (Å²) in [5.74, 6) is -0.561. The lowest BCUT2D eigenvalue weighted by Crippen LogP contribution is -2.62. The fourth-order valence-electron chi connectivity index (χ4n) is 6.33. The number of amides is 3. The Morgan fingerprint density at radius 2 is 1.84 bits per heavy atom. The highest BCUT2D eigenvalue weighted by atomic mass is 35.5. The molecule has 3 aliphatic heterocycles. The first-order valence-corrected chi connectivity index (χ1v) is 16.7. The highest BCUT2D eigenvalue weighted by Gasteiger charge is 2.46. The first-order chi connectivity index (χ1) is 20.4. The van der Waals surface area contributed by atoms with Crippen molar-refractivity contribution in [3.63, 3.8) is 0 Å². The van der Waals surface area contributed by atoms with Gasteiger partial charge in [-0.25, -0.2) is 9.18 Å². The summed E-state index contributed by atoms with van der Waals surface area (Å²) in [5, 5.41) is 6.27. The van der Waals surface area contributed by atoms with Crippen LogP contribution in [0, 0.1) is 5.82 Å². The number of rotatable bonds is 4. The van der Waals surface area contributed by atoms with Crippen molar-refractivity contribution in [1.82, 2.24) is 15.1 Å². The second-order valence-electron chi connectivity index (χ2n) is 10.9. The molecular formula is C29H27ClF4N4O2S3. The van der Waals surface area contributed by atoms with Gasteiger partial charge in [0.05, 0.1) is 16.3 Å². The monoisotopic (exact) mass is 670 g/mol. The van der Waals surface area contributed by atoms with Gasteiger partial charge in [0.1, 0.15) is 12.0 Å². The number of carbonyl (C=O) groups is 2. The molecule has 43 heavy (non-hydrogen) atoms. The maximum absolute atomic E-state index is 14.9. The van der Waals surface area contributed by atoms with Crippen LogP contribution in [-0.4, -0.2) is 59.2 Å². The first-order valence-electron chi connectivity index (χ1n) is 13.5. The molecule has 1 N–H and O–H groups in total. The second-order valence-corrected chi connectivity index (χ2v) is 14.3. The zero-order valence-electron chi connectivity index (χ0n) is 23.1. The largest absolute Gasteiger partial charge is 0.417 e. The van der Waals surface area contributed by atoms with E-state index in [1.165, 1.54) is 51.6 Å². The summed E-state index contributed by atoms with van der Waals surface area (Å²) in [4.78, 5) is 32.9. The number of nitrogens with zero attached hydrogens (tertiary/aromatic N) is 3. The molecule has 14 heteroatoms. The van der Waals surface area contributed by atoms with E-state index in [4.69, 9.17) is 11.6 Å². The number of piperazine rings is 1. The molecule has 0 aliphatic carbocycles. The summed E-state index contributed by atoms with van der Waals surface area (Å²) in [6.45, 7) is 8.16. The Morgan fingerprint density at radius 3 is 2.42 bits per heavy atom. The lowest BCUT2D eigenvalue weighted by atomic mass is 9.94. The topological polar surface area (TPSA) is 55.9 Å². The highest BCUT2D eigenvalue weighted by Crippen LogP contribution is 2.54. The van der Waals surface area contributed by atoms with E-state index in [0.29, 0.717) is 44.9 Å². The van der Waals surface area contributed by atoms with E-state index in [9.17, 15) is 27.2 Å². The van der Waals surface area contributed by atoms with Crippen LogP contribution < -0.4 is 10.2 Å². The molecule has 3 aliphatic rings. The van der Waals surface area contributed by atoms with Gasteiger partial charge >= 0.3 is 12.2 Å². The molecule has 0 spiro atoms. The number of carbonyl (C=O) groups excluding carboxylic acids is 2. The molecule has 2 aromatic heterocycles. The van der Waals surface area contributed by atoms with Crippen LogP contribution in [0.5, 0.6) is 0 Å². The van der Waals surface area contributed by atoms with E-state index in [0.717, 1.165) is 22.3 Å². The zero-order valence-corrected chi connectivity index (χ0v) is 26.3. The van der Waals surface area contributed by atoms with Crippen molar-refractivity contribution < 1.29 is 27.2 Å². The van der Waals surface area contributed by atoms with Crippen molar-refractivity contribution in [3.8, 4) is 10.4 Å². The van der Waals surface area contributed by atoms with Gasteiger partial charge in [-0.2, -0.15) is 13.2 Å². The third kappa shape index (κ3) is 5.47. The van der Waals surface area contributed by atoms with Crippen LogP contribution in [0.4, 0.5) is 28.0 Å². The minimum atomic E-state index is -4.70. The Morgan fingerprint density at radius 1 is 1.12 bits per heavy atom. The minimum Gasteiger partial charge on any atom is -0.331 e. The molecule has 1 fully saturated rings. The van der Waals surface area contributed by atoms with E-state index < -0.39 is 23.9 Å². The Hall–Kier alpha value is -2.58. The molecule has 6 nitrogen and oxygen atoms in total. The van der Waals surface area contributed by atoms with Crippen molar-refractivity contribution >= 4 is 63.7 Å². The Bertz CT molecular complexity index is 1600. The van der Waals surface area contributed by atoms with E-state index in [1.54, 1.807) is 10.3 Å². The number of benzene rings is 1. The van der Waals surface area contributed by atoms with Crippen molar-refractivity contribution in [2.24, 2.45) is 0 Å². The molecule has 0 bridgehead atoms. The summed E-state index contributed by atoms with van der Waals surface area (Å²) in [5.41, 5.74) is -0.0549. The number of nitrogens with one attached hydrogen (secondary N) is 1. The van der Waals surface area contributed by atoms with Gasteiger partial charge in [-0.05, 0) is 38.1 Å². The van der Waals surface area contributed by atoms with Gasteiger partial charge in [-0.1, -0.05) is 18.2 Å². The van der Waals surface area contributed by atoms with Gasteiger partial charge in [0.2, 0.25) is 5.91 Å². The number of hydrogen-bond acceptors (Lipinski definition) is 6. The molecule has 0 radical (unpaired) electrons. The fraction of sp³-hybridized carbons (Fsp3) is 0.379. The fourth-order valence-corrected chi connectivity index (χ4v) is 9.87. The molecule has 228 valence electrons. The molecule has 4 atom stereocenters. The van der Waals surface area contributed by atoms with Gasteiger partial charge in [0, 0.05) is 79.9 Å². The van der Waals surface area contributed by atoms with E-state index >= 15 is 0 Å². The highest BCUT2D eigenvalue weighted by molar-refractivity contribution is 7.99. The standard InChI is InChI=1S/C29H27ClF4N4O2S3/c1-4-23(39)38-14(2)8-36(9-15(38)3)27-19-7-20(29(32,33)34)24(22-5-17(30)12-41-22)26-25(19)37(28(40)35-27)10-16(11-43-26)21-6-18(31)13-42-21/h4-7,12-16,27H,1,8-11H2,2-3H3,(H,35,40)/t14-,15+,16-,27?/m0/s1. The van der Waals surface area contributed by atoms with E-state index in [1.807, 2.05) is 18.7 Å². The summed E-state index contributed by atoms with van der Waals surface area (Å²) in [7, 11) is 0. The summed E-state index contributed by atoms with van der Waals surface area (Å²) in [6, 6.07) is 3.10. The third-order valence-electron chi connectivity index (χ3n) is 8.04. The Labute approximate surface area is 263 Å². The van der Waals surface area contributed by atoms with Gasteiger partial charge in [0.15, 0.2) is 0 Å². The average molecular weight is 671 g/mol. The van der Waals surface area contributed by atoms with E-state index in [2.05, 4.69) is 11.9 Å². The third-order valence-corrected chi connectivity index (χ3v) is 11.7. The van der Waals surface area contributed by atoms with Crippen molar-refractivity contribution in [2.75, 3.05) is 30.3 Å². The molecular weight excluding hydrogens is 644 g/mol.